The number of aliphatic imine (C=N–C) groups is 4. The van der Waals surface area contributed by atoms with Gasteiger partial charge in [-0.2, -0.15) is 9.98 Å². The first kappa shape index (κ1) is 41.3. The number of carbonyl (C=O) groups is 2. The van der Waals surface area contributed by atoms with Gasteiger partial charge in [-0.15, -0.1) is 0 Å². The number of rotatable bonds is 9. The summed E-state index contributed by atoms with van der Waals surface area (Å²) in [5.41, 5.74) is 24.8. The fourth-order valence-electron chi connectivity index (χ4n) is 2.70. The van der Waals surface area contributed by atoms with Crippen LogP contribution in [0.15, 0.2) is 68.5 Å². The van der Waals surface area contributed by atoms with E-state index in [1.807, 2.05) is 0 Å². The quantitative estimate of drug-likeness (QED) is 0.0806. The molecule has 17 heteroatoms. The maximum Gasteiger partial charge on any atom is 0.300 e. The summed E-state index contributed by atoms with van der Waals surface area (Å²) in [7, 11) is 0. The summed E-state index contributed by atoms with van der Waals surface area (Å²) < 4.78 is 0. The van der Waals surface area contributed by atoms with Crippen LogP contribution < -0.4 is 33.6 Å². The molecule has 14 nitrogen and oxygen atoms in total. The van der Waals surface area contributed by atoms with E-state index in [0.29, 0.717) is 23.1 Å². The molecule has 2 rings (SSSR count). The number of anilines is 2. The molecule has 0 aromatic heterocycles. The number of unbranched alkanes of at least 4 members (excludes halogenated alkanes) is 3. The summed E-state index contributed by atoms with van der Waals surface area (Å²) >= 11 is 11.7. The van der Waals surface area contributed by atoms with E-state index in [4.69, 9.17) is 65.9 Å². The summed E-state index contributed by atoms with van der Waals surface area (Å²) in [5.74, 6) is -1.10. The monoisotopic (exact) mass is 731 g/mol. The van der Waals surface area contributed by atoms with Gasteiger partial charge < -0.3 is 43.8 Å². The molecule has 2 aromatic rings. The molecule has 0 aliphatic rings. The van der Waals surface area contributed by atoms with Gasteiger partial charge in [0.25, 0.3) is 11.9 Å². The van der Waals surface area contributed by atoms with Gasteiger partial charge in [-0.25, -0.2) is 0 Å². The first-order valence-corrected chi connectivity index (χ1v) is 13.3. The zero-order valence-electron chi connectivity index (χ0n) is 23.7. The number of guanidine groups is 4. The third kappa shape index (κ3) is 26.8. The van der Waals surface area contributed by atoms with Gasteiger partial charge in [0, 0.05) is 70.7 Å². The predicted octanol–water partition coefficient (Wildman–Crippen LogP) is 3.52. The van der Waals surface area contributed by atoms with Gasteiger partial charge in [-0.05, 0) is 61.4 Å². The Balaban J connectivity index is 0. The molecule has 1 radical (unpaired) electrons. The number of carboxylic acids is 2. The second-order valence-corrected chi connectivity index (χ2v) is 9.06. The number of hydrogen-bond donors (Lipinski definition) is 8. The van der Waals surface area contributed by atoms with Crippen LogP contribution in [-0.4, -0.2) is 59.1 Å². The summed E-state index contributed by atoms with van der Waals surface area (Å²) in [4.78, 5) is 34.5. The molecule has 0 atom stereocenters. The Morgan fingerprint density at radius 2 is 0.930 bits per heavy atom. The van der Waals surface area contributed by atoms with Crippen molar-refractivity contribution >= 4 is 70.4 Å². The van der Waals surface area contributed by atoms with E-state index in [1.165, 1.54) is 0 Å². The maximum atomic E-state index is 9.00. The van der Waals surface area contributed by atoms with Crippen LogP contribution in [0.1, 0.15) is 39.5 Å². The van der Waals surface area contributed by atoms with Gasteiger partial charge in [0.05, 0.1) is 0 Å². The Labute approximate surface area is 276 Å². The molecule has 0 fully saturated rings. The number of aliphatic carboxylic acids is 2. The van der Waals surface area contributed by atoms with Crippen molar-refractivity contribution in [3.8, 4) is 0 Å². The molecular formula is C26H38AgCl2N10O4. The van der Waals surface area contributed by atoms with Crippen LogP contribution >= 0.6 is 23.2 Å². The first-order valence-electron chi connectivity index (χ1n) is 12.5. The van der Waals surface area contributed by atoms with Crippen molar-refractivity contribution in [3.05, 3.63) is 58.6 Å². The molecule has 0 saturated heterocycles. The SMILES string of the molecule is CC(=O)O.CC(=O)O.NC(=NCCCCCCN=C(N)N=C(N)Nc1ccc(Cl)cc1)N=C(N)Nc1ccc(Cl)cc1.[Ag]. The Bertz CT molecular complexity index is 1120. The van der Waals surface area contributed by atoms with Crippen LogP contribution in [0.2, 0.25) is 10.0 Å². The van der Waals surface area contributed by atoms with Gasteiger partial charge in [-0.1, -0.05) is 36.0 Å². The summed E-state index contributed by atoms with van der Waals surface area (Å²) in [5, 5.41) is 21.9. The average Bonchev–Trinajstić information content (AvgIpc) is 2.87. The number of nitrogens with zero attached hydrogens (tertiary/aromatic N) is 4. The van der Waals surface area contributed by atoms with Crippen LogP contribution in [0.25, 0.3) is 0 Å². The number of benzene rings is 2. The molecular weight excluding hydrogens is 695 g/mol. The van der Waals surface area contributed by atoms with E-state index in [9.17, 15) is 0 Å². The fourth-order valence-corrected chi connectivity index (χ4v) is 2.95. The predicted molar refractivity (Wildman–Crippen MR) is 171 cm³/mol. The normalized spacial score (nSPS) is 11.5. The van der Waals surface area contributed by atoms with Gasteiger partial charge in [0.15, 0.2) is 0 Å². The van der Waals surface area contributed by atoms with E-state index in [1.54, 1.807) is 48.5 Å². The number of nitrogens with two attached hydrogens (primary N) is 4. The standard InChI is InChI=1S/C22H30Cl2N10.2C2H4O2.Ag/c23-15-5-9-17(10-6-15)31-21(27)33-19(25)29-13-3-1-2-4-14-30-20(26)34-22(28)32-18-11-7-16(24)8-12-18;2*1-2(3)4;/h5-12H,1-4,13-14H2,(H5,25,27,29,31,33)(H5,26,28,30,32,34);2*1H3,(H,3,4);. The Kier molecular flexibility index (Phi) is 23.8. The molecule has 241 valence electrons. The van der Waals surface area contributed by atoms with E-state index in [-0.39, 0.29) is 46.2 Å². The van der Waals surface area contributed by atoms with Gasteiger partial charge in [0.1, 0.15) is 0 Å². The molecule has 0 spiro atoms. The molecule has 0 heterocycles. The van der Waals surface area contributed by atoms with E-state index in [0.717, 1.165) is 50.9 Å². The number of halogens is 2. The number of nitrogens with one attached hydrogen (secondary N) is 2. The van der Waals surface area contributed by atoms with E-state index >= 15 is 0 Å². The third-order valence-corrected chi connectivity index (χ3v) is 4.82. The molecule has 0 saturated carbocycles. The second kappa shape index (κ2) is 24.7. The minimum absolute atomic E-state index is 0. The zero-order valence-corrected chi connectivity index (χ0v) is 26.7. The zero-order chi connectivity index (χ0) is 31.9. The average molecular weight is 733 g/mol. The fraction of sp³-hybridized carbons (Fsp3) is 0.308. The largest absolute Gasteiger partial charge is 0.481 e. The van der Waals surface area contributed by atoms with Crippen molar-refractivity contribution in [3.63, 3.8) is 0 Å². The van der Waals surface area contributed by atoms with E-state index < -0.39 is 11.9 Å². The second-order valence-electron chi connectivity index (χ2n) is 8.19. The topological polar surface area (TPSA) is 252 Å². The minimum atomic E-state index is -0.833. The minimum Gasteiger partial charge on any atom is -0.481 e. The number of carboxylic acid groups (broad SMARTS) is 2. The van der Waals surface area contributed by atoms with Crippen molar-refractivity contribution in [2.24, 2.45) is 42.9 Å². The molecule has 43 heavy (non-hydrogen) atoms. The Hall–Kier alpha value is -3.82. The van der Waals surface area contributed by atoms with Crippen LogP contribution in [0, 0.1) is 0 Å². The molecule has 0 aliphatic carbocycles. The van der Waals surface area contributed by atoms with E-state index in [2.05, 4.69) is 30.6 Å². The van der Waals surface area contributed by atoms with Gasteiger partial charge in [-0.3, -0.25) is 19.6 Å². The van der Waals surface area contributed by atoms with Gasteiger partial charge in [0.2, 0.25) is 23.8 Å². The molecule has 0 unspecified atom stereocenters. The summed E-state index contributed by atoms with van der Waals surface area (Å²) in [6.45, 7) is 3.29. The molecule has 0 aliphatic heterocycles. The van der Waals surface area contributed by atoms with Crippen molar-refractivity contribution in [1.82, 2.24) is 0 Å². The van der Waals surface area contributed by atoms with Crippen molar-refractivity contribution < 1.29 is 42.2 Å². The van der Waals surface area contributed by atoms with Crippen molar-refractivity contribution in [1.29, 1.82) is 0 Å². The van der Waals surface area contributed by atoms with Crippen LogP contribution in [0.5, 0.6) is 0 Å². The Morgan fingerprint density at radius 1 is 0.651 bits per heavy atom. The summed E-state index contributed by atoms with van der Waals surface area (Å²) in [6.07, 6.45) is 3.68. The van der Waals surface area contributed by atoms with Crippen molar-refractivity contribution in [2.75, 3.05) is 23.7 Å². The van der Waals surface area contributed by atoms with Crippen LogP contribution in [0.4, 0.5) is 11.4 Å². The van der Waals surface area contributed by atoms with Crippen molar-refractivity contribution in [2.45, 2.75) is 39.5 Å². The smallest absolute Gasteiger partial charge is 0.300 e. The maximum absolute atomic E-state index is 9.00. The third-order valence-electron chi connectivity index (χ3n) is 4.32. The molecule has 0 amide bonds. The molecule has 0 bridgehead atoms. The Morgan fingerprint density at radius 3 is 1.21 bits per heavy atom. The van der Waals surface area contributed by atoms with Gasteiger partial charge >= 0.3 is 0 Å². The van der Waals surface area contributed by atoms with Crippen LogP contribution in [0.3, 0.4) is 0 Å². The van der Waals surface area contributed by atoms with Crippen LogP contribution in [-0.2, 0) is 32.0 Å². The molecule has 12 N–H and O–H groups in total. The molecule has 2 aromatic carbocycles. The number of hydrogen-bond acceptors (Lipinski definition) is 4. The first-order chi connectivity index (χ1) is 19.8. The summed E-state index contributed by atoms with van der Waals surface area (Å²) in [6, 6.07) is 14.1.